The number of alkyl halides is 3. The maximum absolute atomic E-state index is 13.7. The summed E-state index contributed by atoms with van der Waals surface area (Å²) in [6.07, 6.45) is -2.37. The number of benzene rings is 1. The number of rotatable bonds is 4. The number of carbonyl (C=O) groups excluding carboxylic acids is 1. The van der Waals surface area contributed by atoms with Gasteiger partial charge in [0.15, 0.2) is 5.65 Å². The lowest BCUT2D eigenvalue weighted by Crippen LogP contribution is -2.39. The number of methoxy groups -OCH3 is 1. The number of nitrogen functional groups attached to an aromatic ring is 1. The Hall–Kier alpha value is -3.30. The number of amides is 1. The first-order valence-electron chi connectivity index (χ1n) is 9.92. The lowest BCUT2D eigenvalue weighted by atomic mass is 9.96. The molecule has 2 aromatic heterocycles. The van der Waals surface area contributed by atoms with Crippen LogP contribution in [0.1, 0.15) is 42.1 Å². The molecule has 3 heterocycles. The fourth-order valence-electron chi connectivity index (χ4n) is 4.02. The quantitative estimate of drug-likeness (QED) is 0.651. The van der Waals surface area contributed by atoms with E-state index in [2.05, 4.69) is 15.2 Å². The molecule has 1 amide bonds. The van der Waals surface area contributed by atoms with Crippen LogP contribution in [-0.4, -0.2) is 39.6 Å². The van der Waals surface area contributed by atoms with Crippen LogP contribution in [0.2, 0.25) is 0 Å². The van der Waals surface area contributed by atoms with Crippen LogP contribution in [0.15, 0.2) is 30.3 Å². The second-order valence-electron chi connectivity index (χ2n) is 7.55. The summed E-state index contributed by atoms with van der Waals surface area (Å²) in [4.78, 5) is 19.0. The molecule has 0 bridgehead atoms. The number of pyridine rings is 1. The maximum Gasteiger partial charge on any atom is 0.417 e. The van der Waals surface area contributed by atoms with Crippen LogP contribution in [0, 0.1) is 0 Å². The van der Waals surface area contributed by atoms with Crippen molar-refractivity contribution in [1.29, 1.82) is 0 Å². The number of likely N-dealkylation sites (tertiary alicyclic amines) is 1. The fraction of sp³-hybridized carbons (Fsp3) is 0.381. The minimum absolute atomic E-state index is 0.101. The van der Waals surface area contributed by atoms with Crippen molar-refractivity contribution in [3.8, 4) is 5.75 Å². The number of aromatic amines is 1. The highest BCUT2D eigenvalue weighted by atomic mass is 19.4. The van der Waals surface area contributed by atoms with Gasteiger partial charge in [0.1, 0.15) is 11.6 Å². The number of fused-ring (bicyclic) bond motifs is 1. The van der Waals surface area contributed by atoms with Gasteiger partial charge in [0, 0.05) is 6.54 Å². The van der Waals surface area contributed by atoms with Crippen LogP contribution in [0.4, 0.5) is 19.0 Å². The van der Waals surface area contributed by atoms with E-state index in [0.717, 1.165) is 24.5 Å². The van der Waals surface area contributed by atoms with Gasteiger partial charge in [-0.1, -0.05) is 12.1 Å². The molecule has 1 aliphatic heterocycles. The summed E-state index contributed by atoms with van der Waals surface area (Å²) >= 11 is 0. The standard InChI is InChI=1S/C21H22F3N5O2/c1-31-13-7-5-12(6-8-13)10-17(30)29-9-3-2-4-16(29)15-11-14(21(22,23)24)18-19(25)27-28-20(18)26-15/h5-8,11,16H,2-4,9-10H2,1H3,(H3,25,26,27,28). The van der Waals surface area contributed by atoms with E-state index in [0.29, 0.717) is 18.7 Å². The molecule has 1 atom stereocenters. The Morgan fingerprint density at radius 2 is 2.03 bits per heavy atom. The molecule has 164 valence electrons. The number of piperidine rings is 1. The number of hydrogen-bond acceptors (Lipinski definition) is 5. The molecule has 4 rings (SSSR count). The SMILES string of the molecule is COc1ccc(CC(=O)N2CCCCC2c2cc(C(F)(F)F)c3c(N)[nH]nc3n2)cc1. The molecule has 10 heteroatoms. The number of carbonyl (C=O) groups is 1. The van der Waals surface area contributed by atoms with Crippen molar-refractivity contribution in [1.82, 2.24) is 20.1 Å². The minimum Gasteiger partial charge on any atom is -0.497 e. The van der Waals surface area contributed by atoms with Gasteiger partial charge in [0.2, 0.25) is 5.91 Å². The zero-order valence-corrected chi connectivity index (χ0v) is 16.9. The van der Waals surface area contributed by atoms with Crippen molar-refractivity contribution < 1.29 is 22.7 Å². The number of anilines is 1. The van der Waals surface area contributed by atoms with Crippen LogP contribution in [0.5, 0.6) is 5.75 Å². The van der Waals surface area contributed by atoms with Crippen LogP contribution < -0.4 is 10.5 Å². The normalized spacial score (nSPS) is 17.2. The second kappa shape index (κ2) is 8.09. The molecule has 1 aliphatic rings. The van der Waals surface area contributed by atoms with Gasteiger partial charge >= 0.3 is 6.18 Å². The zero-order valence-electron chi connectivity index (χ0n) is 16.9. The molecule has 0 radical (unpaired) electrons. The average Bonchev–Trinajstić information content (AvgIpc) is 3.13. The minimum atomic E-state index is -4.62. The first kappa shape index (κ1) is 21.0. The van der Waals surface area contributed by atoms with E-state index in [4.69, 9.17) is 10.5 Å². The average molecular weight is 433 g/mol. The molecule has 3 N–H and O–H groups in total. The van der Waals surface area contributed by atoms with Gasteiger partial charge in [0.25, 0.3) is 0 Å². The monoisotopic (exact) mass is 433 g/mol. The van der Waals surface area contributed by atoms with Crippen molar-refractivity contribution in [3.63, 3.8) is 0 Å². The summed E-state index contributed by atoms with van der Waals surface area (Å²) in [6, 6.07) is 7.58. The predicted molar refractivity (Wildman–Crippen MR) is 108 cm³/mol. The number of nitrogens with two attached hydrogens (primary N) is 1. The number of nitrogens with one attached hydrogen (secondary N) is 1. The number of aromatic nitrogens is 3. The van der Waals surface area contributed by atoms with E-state index >= 15 is 0 Å². The highest BCUT2D eigenvalue weighted by molar-refractivity contribution is 5.90. The summed E-state index contributed by atoms with van der Waals surface area (Å²) in [5, 5.41) is 5.95. The van der Waals surface area contributed by atoms with E-state index in [1.54, 1.807) is 36.3 Å². The van der Waals surface area contributed by atoms with Gasteiger partial charge in [-0.05, 0) is 43.0 Å². The van der Waals surface area contributed by atoms with E-state index in [-0.39, 0.29) is 34.9 Å². The molecule has 31 heavy (non-hydrogen) atoms. The van der Waals surface area contributed by atoms with Crippen LogP contribution in [0.3, 0.4) is 0 Å². The number of halogens is 3. The molecule has 1 aromatic carbocycles. The van der Waals surface area contributed by atoms with Crippen molar-refractivity contribution in [2.75, 3.05) is 19.4 Å². The van der Waals surface area contributed by atoms with Crippen LogP contribution >= 0.6 is 0 Å². The lowest BCUT2D eigenvalue weighted by molar-refractivity contribution is -0.136. The number of nitrogens with zero attached hydrogens (tertiary/aromatic N) is 3. The van der Waals surface area contributed by atoms with Crippen molar-refractivity contribution in [2.45, 2.75) is 37.9 Å². The van der Waals surface area contributed by atoms with E-state index in [1.165, 1.54) is 0 Å². The Morgan fingerprint density at radius 1 is 1.29 bits per heavy atom. The first-order chi connectivity index (χ1) is 14.8. The van der Waals surface area contributed by atoms with Gasteiger partial charge in [-0.3, -0.25) is 9.89 Å². The summed E-state index contributed by atoms with van der Waals surface area (Å²) in [7, 11) is 1.56. The van der Waals surface area contributed by atoms with Gasteiger partial charge in [0.05, 0.1) is 36.2 Å². The zero-order chi connectivity index (χ0) is 22.2. The fourth-order valence-corrected chi connectivity index (χ4v) is 4.02. The number of ether oxygens (including phenoxy) is 1. The molecule has 1 saturated heterocycles. The Bertz CT molecular complexity index is 1090. The molecule has 7 nitrogen and oxygen atoms in total. The molecular formula is C21H22F3N5O2. The van der Waals surface area contributed by atoms with E-state index in [1.807, 2.05) is 0 Å². The molecule has 0 saturated carbocycles. The molecule has 0 aliphatic carbocycles. The molecule has 1 fully saturated rings. The molecule has 3 aromatic rings. The summed E-state index contributed by atoms with van der Waals surface area (Å²) < 4.78 is 46.3. The third-order valence-electron chi connectivity index (χ3n) is 5.56. The predicted octanol–water partition coefficient (Wildman–Crippen LogP) is 3.86. The van der Waals surface area contributed by atoms with Crippen LogP contribution in [-0.2, 0) is 17.4 Å². The highest BCUT2D eigenvalue weighted by Crippen LogP contribution is 2.39. The van der Waals surface area contributed by atoms with Crippen molar-refractivity contribution in [3.05, 3.63) is 47.2 Å². The van der Waals surface area contributed by atoms with E-state index in [9.17, 15) is 18.0 Å². The lowest BCUT2D eigenvalue weighted by Gasteiger charge is -2.35. The first-order valence-corrected chi connectivity index (χ1v) is 9.92. The molecule has 1 unspecified atom stereocenters. The molecular weight excluding hydrogens is 411 g/mol. The van der Waals surface area contributed by atoms with Crippen LogP contribution in [0.25, 0.3) is 11.0 Å². The Kier molecular flexibility index (Phi) is 5.47. The Labute approximate surface area is 176 Å². The highest BCUT2D eigenvalue weighted by Gasteiger charge is 2.37. The third-order valence-corrected chi connectivity index (χ3v) is 5.56. The summed E-state index contributed by atoms with van der Waals surface area (Å²) in [5.74, 6) is 0.340. The topological polar surface area (TPSA) is 97.1 Å². The van der Waals surface area contributed by atoms with Crippen molar-refractivity contribution >= 4 is 22.8 Å². The van der Waals surface area contributed by atoms with Gasteiger partial charge in [-0.15, -0.1) is 0 Å². The Morgan fingerprint density at radius 3 is 2.71 bits per heavy atom. The van der Waals surface area contributed by atoms with Gasteiger partial charge < -0.3 is 15.4 Å². The maximum atomic E-state index is 13.7. The third kappa shape index (κ3) is 4.14. The number of H-pyrrole nitrogens is 1. The van der Waals surface area contributed by atoms with Gasteiger partial charge in [-0.2, -0.15) is 18.3 Å². The summed E-state index contributed by atoms with van der Waals surface area (Å²) in [6.45, 7) is 0.462. The smallest absolute Gasteiger partial charge is 0.417 e. The van der Waals surface area contributed by atoms with E-state index < -0.39 is 17.8 Å². The Balaban J connectivity index is 1.66. The summed E-state index contributed by atoms with van der Waals surface area (Å²) in [5.41, 5.74) is 5.63. The van der Waals surface area contributed by atoms with Crippen molar-refractivity contribution in [2.24, 2.45) is 0 Å². The second-order valence-corrected chi connectivity index (χ2v) is 7.55. The van der Waals surface area contributed by atoms with Gasteiger partial charge in [-0.25, -0.2) is 4.98 Å². The number of hydrogen-bond donors (Lipinski definition) is 2. The largest absolute Gasteiger partial charge is 0.497 e. The molecule has 0 spiro atoms.